The number of imidazole rings is 1. The number of rotatable bonds is 4. The quantitative estimate of drug-likeness (QED) is 0.930. The maximum Gasteiger partial charge on any atom is 0.245 e. The highest BCUT2D eigenvalue weighted by molar-refractivity contribution is 5.85. The van der Waals surface area contributed by atoms with Gasteiger partial charge in [-0.05, 0) is 45.4 Å². The number of fused-ring (bicyclic) bond motifs is 1. The van der Waals surface area contributed by atoms with Crippen molar-refractivity contribution in [2.75, 3.05) is 18.8 Å². The van der Waals surface area contributed by atoms with Crippen molar-refractivity contribution in [1.82, 2.24) is 14.5 Å². The number of aromatic nitrogens is 2. The van der Waals surface area contributed by atoms with Gasteiger partial charge in [0.25, 0.3) is 0 Å². The van der Waals surface area contributed by atoms with Gasteiger partial charge < -0.3 is 10.6 Å². The van der Waals surface area contributed by atoms with Gasteiger partial charge in [0.15, 0.2) is 0 Å². The van der Waals surface area contributed by atoms with E-state index in [0.717, 1.165) is 16.6 Å². The van der Waals surface area contributed by atoms with Gasteiger partial charge in [-0.3, -0.25) is 9.36 Å². The summed E-state index contributed by atoms with van der Waals surface area (Å²) in [6, 6.07) is 5.62. The van der Waals surface area contributed by atoms with E-state index in [4.69, 9.17) is 5.73 Å². The van der Waals surface area contributed by atoms with Gasteiger partial charge in [-0.1, -0.05) is 6.07 Å². The maximum absolute atomic E-state index is 12.5. The molecule has 5 heteroatoms. The molecule has 2 aromatic rings. The molecular weight excluding hydrogens is 252 g/mol. The first kappa shape index (κ1) is 14.4. The molecule has 2 rings (SSSR count). The average molecular weight is 274 g/mol. The Morgan fingerprint density at radius 3 is 2.65 bits per heavy atom. The fraction of sp³-hybridized carbons (Fsp3) is 0.467. The van der Waals surface area contributed by atoms with Gasteiger partial charge in [-0.2, -0.15) is 0 Å². The average Bonchev–Trinajstić information content (AvgIpc) is 2.74. The van der Waals surface area contributed by atoms with Crippen LogP contribution in [0.15, 0.2) is 18.2 Å². The first-order chi connectivity index (χ1) is 9.49. The van der Waals surface area contributed by atoms with E-state index in [1.807, 2.05) is 55.4 Å². The number of carbonyl (C=O) groups excluding carboxylic acids is 1. The first-order valence-electron chi connectivity index (χ1n) is 7.02. The Balaban J connectivity index is 2.46. The summed E-state index contributed by atoms with van der Waals surface area (Å²) in [5.74, 6) is 0.459. The zero-order chi connectivity index (χ0) is 14.9. The van der Waals surface area contributed by atoms with Crippen LogP contribution in [-0.2, 0) is 4.79 Å². The molecule has 1 unspecified atom stereocenters. The van der Waals surface area contributed by atoms with E-state index in [1.54, 1.807) is 0 Å². The number of aryl methyl sites for hydroxylation is 1. The number of hydrogen-bond donors (Lipinski definition) is 1. The van der Waals surface area contributed by atoms with Gasteiger partial charge >= 0.3 is 0 Å². The summed E-state index contributed by atoms with van der Waals surface area (Å²) < 4.78 is 1.81. The Labute approximate surface area is 119 Å². The minimum atomic E-state index is -0.345. The van der Waals surface area contributed by atoms with Crippen molar-refractivity contribution in [3.8, 4) is 0 Å². The van der Waals surface area contributed by atoms with E-state index in [-0.39, 0.29) is 11.9 Å². The van der Waals surface area contributed by atoms with E-state index in [0.29, 0.717) is 19.0 Å². The van der Waals surface area contributed by atoms with E-state index < -0.39 is 0 Å². The maximum atomic E-state index is 12.5. The molecule has 1 atom stereocenters. The van der Waals surface area contributed by atoms with Crippen LogP contribution in [-0.4, -0.2) is 33.4 Å². The Kier molecular flexibility index (Phi) is 3.97. The zero-order valence-corrected chi connectivity index (χ0v) is 12.6. The molecule has 20 heavy (non-hydrogen) atoms. The zero-order valence-electron chi connectivity index (χ0n) is 12.6. The van der Waals surface area contributed by atoms with Gasteiger partial charge in [-0.25, -0.2) is 4.98 Å². The lowest BCUT2D eigenvalue weighted by atomic mass is 10.2. The monoisotopic (exact) mass is 274 g/mol. The fourth-order valence-electron chi connectivity index (χ4n) is 2.54. The molecule has 0 bridgehead atoms. The highest BCUT2D eigenvalue weighted by Gasteiger charge is 2.23. The van der Waals surface area contributed by atoms with E-state index in [1.165, 1.54) is 0 Å². The Morgan fingerprint density at radius 1 is 1.40 bits per heavy atom. The second-order valence-electron chi connectivity index (χ2n) is 5.02. The Hall–Kier alpha value is -2.04. The number of nitrogen functional groups attached to an aromatic ring is 1. The van der Waals surface area contributed by atoms with Crippen molar-refractivity contribution >= 4 is 22.9 Å². The number of anilines is 1. The molecule has 0 radical (unpaired) electrons. The molecule has 5 nitrogen and oxygen atoms in total. The van der Waals surface area contributed by atoms with Crippen LogP contribution in [0.2, 0.25) is 0 Å². The van der Waals surface area contributed by atoms with Crippen molar-refractivity contribution in [1.29, 1.82) is 0 Å². The van der Waals surface area contributed by atoms with Gasteiger partial charge in [-0.15, -0.1) is 0 Å². The number of hydrogen-bond acceptors (Lipinski definition) is 3. The SMILES string of the molecule is CCN(CC)C(=O)C(C)n1c(N)nc2cc(C)ccc21. The molecule has 108 valence electrons. The van der Waals surface area contributed by atoms with Crippen molar-refractivity contribution in [2.24, 2.45) is 0 Å². The predicted octanol–water partition coefficient (Wildman–Crippen LogP) is 2.36. The third-order valence-corrected chi connectivity index (χ3v) is 3.69. The second kappa shape index (κ2) is 5.53. The summed E-state index contributed by atoms with van der Waals surface area (Å²) in [7, 11) is 0. The van der Waals surface area contributed by atoms with Crippen LogP contribution in [0.3, 0.4) is 0 Å². The Morgan fingerprint density at radius 2 is 2.05 bits per heavy atom. The molecular formula is C15H22N4O. The number of nitrogens with zero attached hydrogens (tertiary/aromatic N) is 3. The van der Waals surface area contributed by atoms with Crippen LogP contribution >= 0.6 is 0 Å². The first-order valence-corrected chi connectivity index (χ1v) is 7.02. The number of benzene rings is 1. The van der Waals surface area contributed by atoms with Crippen LogP contribution in [0, 0.1) is 6.92 Å². The molecule has 0 aliphatic rings. The highest BCUT2D eigenvalue weighted by atomic mass is 16.2. The van der Waals surface area contributed by atoms with E-state index in [9.17, 15) is 4.79 Å². The number of nitrogens with two attached hydrogens (primary N) is 1. The molecule has 1 aromatic carbocycles. The lowest BCUT2D eigenvalue weighted by molar-refractivity contribution is -0.133. The number of amides is 1. The van der Waals surface area contributed by atoms with Gasteiger partial charge in [0, 0.05) is 13.1 Å². The molecule has 1 amide bonds. The number of likely N-dealkylation sites (N-methyl/N-ethyl adjacent to an activating group) is 1. The van der Waals surface area contributed by atoms with Crippen molar-refractivity contribution < 1.29 is 4.79 Å². The molecule has 0 saturated carbocycles. The summed E-state index contributed by atoms with van der Waals surface area (Å²) in [5.41, 5.74) is 8.87. The summed E-state index contributed by atoms with van der Waals surface area (Å²) in [6.45, 7) is 9.24. The normalized spacial score (nSPS) is 12.6. The minimum absolute atomic E-state index is 0.0709. The lowest BCUT2D eigenvalue weighted by Crippen LogP contribution is -2.36. The van der Waals surface area contributed by atoms with Gasteiger partial charge in [0.2, 0.25) is 11.9 Å². The van der Waals surface area contributed by atoms with Crippen LogP contribution < -0.4 is 5.73 Å². The van der Waals surface area contributed by atoms with Crippen molar-refractivity contribution in [2.45, 2.75) is 33.7 Å². The third kappa shape index (κ3) is 2.35. The second-order valence-corrected chi connectivity index (χ2v) is 5.02. The summed E-state index contributed by atoms with van der Waals surface area (Å²) in [6.07, 6.45) is 0. The molecule has 0 aliphatic carbocycles. The largest absolute Gasteiger partial charge is 0.369 e. The molecule has 0 saturated heterocycles. The molecule has 0 aliphatic heterocycles. The highest BCUT2D eigenvalue weighted by Crippen LogP contribution is 2.24. The van der Waals surface area contributed by atoms with Crippen LogP contribution in [0.1, 0.15) is 32.4 Å². The van der Waals surface area contributed by atoms with Crippen molar-refractivity contribution in [3.05, 3.63) is 23.8 Å². The van der Waals surface area contributed by atoms with E-state index >= 15 is 0 Å². The lowest BCUT2D eigenvalue weighted by Gasteiger charge is -2.24. The fourth-order valence-corrected chi connectivity index (χ4v) is 2.54. The van der Waals surface area contributed by atoms with Crippen LogP contribution in [0.25, 0.3) is 11.0 Å². The van der Waals surface area contributed by atoms with E-state index in [2.05, 4.69) is 4.98 Å². The molecule has 2 N–H and O–H groups in total. The topological polar surface area (TPSA) is 64.2 Å². The molecule has 1 aromatic heterocycles. The smallest absolute Gasteiger partial charge is 0.245 e. The van der Waals surface area contributed by atoms with Crippen LogP contribution in [0.4, 0.5) is 5.95 Å². The summed E-state index contributed by atoms with van der Waals surface area (Å²) >= 11 is 0. The van der Waals surface area contributed by atoms with Gasteiger partial charge in [0.05, 0.1) is 11.0 Å². The Bertz CT molecular complexity index is 628. The minimum Gasteiger partial charge on any atom is -0.369 e. The standard InChI is InChI=1S/C15H22N4O/c1-5-18(6-2)14(20)11(4)19-13-8-7-10(3)9-12(13)17-15(19)16/h7-9,11H,5-6H2,1-4H3,(H2,16,17). The summed E-state index contributed by atoms with van der Waals surface area (Å²) in [4.78, 5) is 18.7. The third-order valence-electron chi connectivity index (χ3n) is 3.69. The molecule has 0 fully saturated rings. The summed E-state index contributed by atoms with van der Waals surface area (Å²) in [5, 5.41) is 0. The van der Waals surface area contributed by atoms with Crippen molar-refractivity contribution in [3.63, 3.8) is 0 Å². The van der Waals surface area contributed by atoms with Crippen LogP contribution in [0.5, 0.6) is 0 Å². The predicted molar refractivity (Wildman–Crippen MR) is 81.5 cm³/mol. The molecule has 1 heterocycles. The number of carbonyl (C=O) groups is 1. The van der Waals surface area contributed by atoms with Gasteiger partial charge in [0.1, 0.15) is 6.04 Å². The molecule has 0 spiro atoms.